The summed E-state index contributed by atoms with van der Waals surface area (Å²) in [6.45, 7) is 1.40. The predicted molar refractivity (Wildman–Crippen MR) is 84.3 cm³/mol. The van der Waals surface area contributed by atoms with E-state index in [1.54, 1.807) is 6.07 Å². The fourth-order valence-corrected chi connectivity index (χ4v) is 2.63. The molecule has 0 bridgehead atoms. The van der Waals surface area contributed by atoms with Gasteiger partial charge in [-0.25, -0.2) is 4.39 Å². The Labute approximate surface area is 146 Å². The number of nitrogens with one attached hydrogen (secondary N) is 1. The van der Waals surface area contributed by atoms with E-state index in [-0.39, 0.29) is 16.7 Å². The van der Waals surface area contributed by atoms with Gasteiger partial charge in [-0.2, -0.15) is 0 Å². The third kappa shape index (κ3) is 4.55. The zero-order chi connectivity index (χ0) is 18.0. The van der Waals surface area contributed by atoms with Crippen molar-refractivity contribution in [2.75, 3.05) is 13.1 Å². The Bertz CT molecular complexity index is 732. The minimum atomic E-state index is -4.75. The molecular formula is C17H14ClF4NO2. The highest BCUT2D eigenvalue weighted by molar-refractivity contribution is 6.30. The molecule has 1 aliphatic rings. The van der Waals surface area contributed by atoms with E-state index >= 15 is 0 Å². The lowest BCUT2D eigenvalue weighted by molar-refractivity contribution is -0.274. The number of halogens is 5. The Hall–Kier alpha value is -1.99. The molecule has 134 valence electrons. The van der Waals surface area contributed by atoms with Crippen LogP contribution in [0, 0.1) is 11.7 Å². The van der Waals surface area contributed by atoms with Crippen molar-refractivity contribution < 1.29 is 27.0 Å². The Balaban J connectivity index is 1.77. The number of ether oxygens (including phenoxy) is 2. The summed E-state index contributed by atoms with van der Waals surface area (Å²) >= 11 is 5.71. The summed E-state index contributed by atoms with van der Waals surface area (Å²) in [5.74, 6) is -0.401. The first kappa shape index (κ1) is 17.8. The lowest BCUT2D eigenvalue weighted by Crippen LogP contribution is -2.46. The zero-order valence-corrected chi connectivity index (χ0v) is 13.6. The van der Waals surface area contributed by atoms with Crippen LogP contribution >= 0.6 is 11.6 Å². The van der Waals surface area contributed by atoms with Crippen molar-refractivity contribution in [2.24, 2.45) is 5.92 Å². The third-order valence-corrected chi connectivity index (χ3v) is 4.14. The van der Waals surface area contributed by atoms with Crippen molar-refractivity contribution >= 4 is 11.6 Å². The van der Waals surface area contributed by atoms with E-state index in [1.807, 2.05) is 0 Å². The fourth-order valence-electron chi connectivity index (χ4n) is 2.52. The molecule has 1 fully saturated rings. The maximum absolute atomic E-state index is 13.7. The van der Waals surface area contributed by atoms with Gasteiger partial charge >= 0.3 is 6.36 Å². The second-order valence-electron chi connectivity index (χ2n) is 5.65. The molecule has 2 aromatic rings. The monoisotopic (exact) mass is 375 g/mol. The van der Waals surface area contributed by atoms with Crippen LogP contribution in [-0.2, 0) is 0 Å². The van der Waals surface area contributed by atoms with Crippen molar-refractivity contribution in [1.29, 1.82) is 0 Å². The number of hydrogen-bond acceptors (Lipinski definition) is 3. The van der Waals surface area contributed by atoms with Gasteiger partial charge in [0.05, 0.1) is 5.02 Å². The van der Waals surface area contributed by atoms with Crippen molar-refractivity contribution in [3.05, 3.63) is 58.9 Å². The highest BCUT2D eigenvalue weighted by Gasteiger charge is 2.32. The van der Waals surface area contributed by atoms with Crippen LogP contribution in [0.1, 0.15) is 11.7 Å². The lowest BCUT2D eigenvalue weighted by atomic mass is 9.90. The van der Waals surface area contributed by atoms with Gasteiger partial charge < -0.3 is 14.8 Å². The summed E-state index contributed by atoms with van der Waals surface area (Å²) in [4.78, 5) is 0. The van der Waals surface area contributed by atoms with Gasteiger partial charge in [-0.05, 0) is 42.0 Å². The topological polar surface area (TPSA) is 30.5 Å². The van der Waals surface area contributed by atoms with E-state index in [1.165, 1.54) is 36.4 Å². The Morgan fingerprint density at radius 2 is 1.68 bits per heavy atom. The van der Waals surface area contributed by atoms with Crippen molar-refractivity contribution in [1.82, 2.24) is 5.32 Å². The van der Waals surface area contributed by atoms with Gasteiger partial charge in [-0.15, -0.1) is 13.2 Å². The molecule has 0 amide bonds. The van der Waals surface area contributed by atoms with Crippen LogP contribution in [0.25, 0.3) is 0 Å². The summed E-state index contributed by atoms with van der Waals surface area (Å²) in [5.41, 5.74) is 0.615. The van der Waals surface area contributed by atoms with Crippen molar-refractivity contribution in [3.63, 3.8) is 0 Å². The molecule has 0 unspecified atom stereocenters. The van der Waals surface area contributed by atoms with Crippen LogP contribution in [-0.4, -0.2) is 19.5 Å². The van der Waals surface area contributed by atoms with Gasteiger partial charge in [-0.1, -0.05) is 17.7 Å². The normalized spacial score (nSPS) is 16.2. The molecule has 3 rings (SSSR count). The van der Waals surface area contributed by atoms with Gasteiger partial charge in [0.2, 0.25) is 0 Å². The second-order valence-corrected chi connectivity index (χ2v) is 6.06. The first-order valence-corrected chi connectivity index (χ1v) is 7.88. The van der Waals surface area contributed by atoms with Gasteiger partial charge in [0.15, 0.2) is 0 Å². The zero-order valence-electron chi connectivity index (χ0n) is 12.8. The molecule has 1 N–H and O–H groups in total. The standard InChI is InChI=1S/C17H14ClF4NO2/c18-14-6-1-10(7-15(14)19)16(11-8-23-9-11)24-12-2-4-13(5-3-12)25-17(20,21)22/h1-7,11,16,23H,8-9H2/t16-/m1/s1. The van der Waals surface area contributed by atoms with Gasteiger partial charge in [0.1, 0.15) is 23.4 Å². The average molecular weight is 376 g/mol. The second kappa shape index (κ2) is 7.09. The van der Waals surface area contributed by atoms with Crippen molar-refractivity contribution in [3.8, 4) is 11.5 Å². The Morgan fingerprint density at radius 3 is 2.20 bits per heavy atom. The number of benzene rings is 2. The van der Waals surface area contributed by atoms with Crippen LogP contribution in [0.2, 0.25) is 5.02 Å². The van der Waals surface area contributed by atoms with Gasteiger partial charge in [0.25, 0.3) is 0 Å². The van der Waals surface area contributed by atoms with Gasteiger partial charge in [-0.3, -0.25) is 0 Å². The van der Waals surface area contributed by atoms with Crippen LogP contribution in [0.5, 0.6) is 11.5 Å². The SMILES string of the molecule is Fc1cc([C@@H](Oc2ccc(OC(F)(F)F)cc2)C2CNC2)ccc1Cl. The van der Waals surface area contributed by atoms with E-state index in [0.29, 0.717) is 24.4 Å². The number of alkyl halides is 3. The molecule has 25 heavy (non-hydrogen) atoms. The lowest BCUT2D eigenvalue weighted by Gasteiger charge is -2.35. The number of rotatable bonds is 5. The smallest absolute Gasteiger partial charge is 0.485 e. The Kier molecular flexibility index (Phi) is 5.06. The molecule has 0 radical (unpaired) electrons. The molecule has 0 spiro atoms. The highest BCUT2D eigenvalue weighted by atomic mass is 35.5. The Morgan fingerprint density at radius 1 is 1.04 bits per heavy atom. The molecule has 0 saturated carbocycles. The molecule has 1 saturated heterocycles. The van der Waals surface area contributed by atoms with Crippen LogP contribution in [0.15, 0.2) is 42.5 Å². The maximum Gasteiger partial charge on any atom is 0.573 e. The number of hydrogen-bond donors (Lipinski definition) is 1. The highest BCUT2D eigenvalue weighted by Crippen LogP contribution is 2.33. The molecular weight excluding hydrogens is 362 g/mol. The van der Waals surface area contributed by atoms with E-state index in [2.05, 4.69) is 10.1 Å². The summed E-state index contributed by atoms with van der Waals surface area (Å²) < 4.78 is 60.1. The molecule has 1 atom stereocenters. The summed E-state index contributed by atoms with van der Waals surface area (Å²) in [6, 6.07) is 9.54. The van der Waals surface area contributed by atoms with E-state index in [4.69, 9.17) is 16.3 Å². The summed E-state index contributed by atoms with van der Waals surface area (Å²) in [7, 11) is 0. The van der Waals surface area contributed by atoms with E-state index in [0.717, 1.165) is 0 Å². The molecule has 1 aliphatic heterocycles. The van der Waals surface area contributed by atoms with Crippen LogP contribution in [0.3, 0.4) is 0 Å². The predicted octanol–water partition coefficient (Wildman–Crippen LogP) is 4.72. The minimum absolute atomic E-state index is 0.0166. The van der Waals surface area contributed by atoms with Crippen molar-refractivity contribution in [2.45, 2.75) is 12.5 Å². The molecule has 0 aliphatic carbocycles. The first-order chi connectivity index (χ1) is 11.8. The first-order valence-electron chi connectivity index (χ1n) is 7.50. The molecule has 1 heterocycles. The fraction of sp³-hybridized carbons (Fsp3) is 0.294. The quantitative estimate of drug-likeness (QED) is 0.767. The third-order valence-electron chi connectivity index (χ3n) is 3.83. The molecule has 0 aromatic heterocycles. The minimum Gasteiger partial charge on any atom is -0.485 e. The molecule has 3 nitrogen and oxygen atoms in total. The van der Waals surface area contributed by atoms with E-state index < -0.39 is 18.3 Å². The summed E-state index contributed by atoms with van der Waals surface area (Å²) in [6.07, 6.45) is -5.19. The molecule has 8 heteroatoms. The van der Waals surface area contributed by atoms with Crippen LogP contribution in [0.4, 0.5) is 17.6 Å². The van der Waals surface area contributed by atoms with Gasteiger partial charge in [0, 0.05) is 19.0 Å². The van der Waals surface area contributed by atoms with Crippen LogP contribution < -0.4 is 14.8 Å². The largest absolute Gasteiger partial charge is 0.573 e. The maximum atomic E-state index is 13.7. The summed E-state index contributed by atoms with van der Waals surface area (Å²) in [5, 5.41) is 3.13. The molecule has 2 aromatic carbocycles. The average Bonchev–Trinajstić information content (AvgIpc) is 2.48. The van der Waals surface area contributed by atoms with E-state index in [9.17, 15) is 17.6 Å².